The monoisotopic (exact) mass is 656 g/mol. The van der Waals surface area contributed by atoms with Crippen LogP contribution in [0.15, 0.2) is 76.6 Å². The Morgan fingerprint density at radius 3 is 2.47 bits per heavy atom. The highest BCUT2D eigenvalue weighted by Crippen LogP contribution is 2.44. The highest BCUT2D eigenvalue weighted by molar-refractivity contribution is 8.00. The molecule has 1 aliphatic rings. The summed E-state index contributed by atoms with van der Waals surface area (Å²) in [5.41, 5.74) is 1.14. The zero-order valence-electron chi connectivity index (χ0n) is 22.4. The van der Waals surface area contributed by atoms with Gasteiger partial charge in [-0.15, -0.1) is 10.2 Å². The van der Waals surface area contributed by atoms with E-state index in [0.29, 0.717) is 43.6 Å². The molecule has 1 amide bonds. The molecule has 1 saturated heterocycles. The predicted octanol–water partition coefficient (Wildman–Crippen LogP) is 7.46. The van der Waals surface area contributed by atoms with Crippen molar-refractivity contribution in [3.8, 4) is 5.75 Å². The third-order valence-electron chi connectivity index (χ3n) is 6.43. The van der Waals surface area contributed by atoms with Gasteiger partial charge in [0, 0.05) is 33.5 Å². The Morgan fingerprint density at radius 1 is 1.09 bits per heavy atom. The number of thioether (sulfide) groups is 1. The molecule has 1 aliphatic heterocycles. The molecule has 1 atom stereocenters. The standard InChI is InChI=1S/C29H22Cl2N4O6S2/c1-2-13-41-21-11-6-17(7-12-21)25(36)23-24(16-4-9-20(10-5-16)35(39)40)34(27(38)26(23)37)28-32-33-29(43-28)42-15-18-3-8-19(30)14-22(18)31/h3-12,14,24,36H,2,13,15H2,1H3/b25-23-. The molecule has 5 rings (SSSR count). The van der Waals surface area contributed by atoms with Crippen molar-refractivity contribution < 1.29 is 24.4 Å². The van der Waals surface area contributed by atoms with Crippen molar-refractivity contribution in [1.29, 1.82) is 0 Å². The minimum atomic E-state index is -1.12. The van der Waals surface area contributed by atoms with Gasteiger partial charge >= 0.3 is 5.91 Å². The van der Waals surface area contributed by atoms with Crippen molar-refractivity contribution >= 4 is 74.6 Å². The molecular formula is C29H22Cl2N4O6S2. The van der Waals surface area contributed by atoms with E-state index in [9.17, 15) is 24.8 Å². The van der Waals surface area contributed by atoms with Crippen LogP contribution < -0.4 is 9.64 Å². The number of hydrogen-bond acceptors (Lipinski definition) is 10. The van der Waals surface area contributed by atoms with Gasteiger partial charge in [-0.3, -0.25) is 24.6 Å². The molecule has 0 radical (unpaired) electrons. The second kappa shape index (κ2) is 13.1. The molecule has 3 aromatic carbocycles. The number of Topliss-reactive ketones (excluding diaryl/α,β-unsaturated/α-hetero) is 1. The number of anilines is 1. The van der Waals surface area contributed by atoms with Gasteiger partial charge in [-0.2, -0.15) is 0 Å². The summed E-state index contributed by atoms with van der Waals surface area (Å²) in [4.78, 5) is 38.8. The van der Waals surface area contributed by atoms with Gasteiger partial charge in [-0.05, 0) is 66.1 Å². The number of nitrogens with zero attached hydrogens (tertiary/aromatic N) is 4. The van der Waals surface area contributed by atoms with E-state index in [1.807, 2.05) is 6.92 Å². The van der Waals surface area contributed by atoms with E-state index in [0.717, 1.165) is 28.2 Å². The van der Waals surface area contributed by atoms with Crippen molar-refractivity contribution in [2.45, 2.75) is 29.5 Å². The number of aromatic nitrogens is 2. The number of rotatable bonds is 10. The number of aliphatic hydroxyl groups excluding tert-OH is 1. The molecule has 0 saturated carbocycles. The van der Waals surface area contributed by atoms with Crippen LogP contribution in [0.5, 0.6) is 5.75 Å². The number of non-ortho nitro benzene ring substituents is 1. The molecule has 220 valence electrons. The average Bonchev–Trinajstić information content (AvgIpc) is 3.57. The molecule has 1 unspecified atom stereocenters. The SMILES string of the molecule is CCCOc1ccc(/C(O)=C2/C(=O)C(=O)N(c3nnc(SCc4ccc(Cl)cc4Cl)s3)C2c2ccc([N+](=O)[O-])cc2)cc1. The zero-order chi connectivity index (χ0) is 30.7. The predicted molar refractivity (Wildman–Crippen MR) is 166 cm³/mol. The maximum absolute atomic E-state index is 13.5. The van der Waals surface area contributed by atoms with E-state index in [1.165, 1.54) is 36.0 Å². The summed E-state index contributed by atoms with van der Waals surface area (Å²) in [5.74, 6) is -1.20. The maximum atomic E-state index is 13.5. The van der Waals surface area contributed by atoms with Gasteiger partial charge in [0.25, 0.3) is 11.5 Å². The van der Waals surface area contributed by atoms with Crippen LogP contribution in [0.3, 0.4) is 0 Å². The lowest BCUT2D eigenvalue weighted by Gasteiger charge is -2.22. The highest BCUT2D eigenvalue weighted by atomic mass is 35.5. The number of ketones is 1. The number of amides is 1. The second-order valence-corrected chi connectivity index (χ2v) is 12.3. The highest BCUT2D eigenvalue weighted by Gasteiger charge is 2.48. The average molecular weight is 658 g/mol. The first-order valence-corrected chi connectivity index (χ1v) is 15.4. The van der Waals surface area contributed by atoms with Gasteiger partial charge in [0.05, 0.1) is 23.1 Å². The Labute approximate surface area is 264 Å². The largest absolute Gasteiger partial charge is 0.507 e. The second-order valence-electron chi connectivity index (χ2n) is 9.27. The van der Waals surface area contributed by atoms with Gasteiger partial charge < -0.3 is 9.84 Å². The summed E-state index contributed by atoms with van der Waals surface area (Å²) < 4.78 is 6.11. The van der Waals surface area contributed by atoms with Crippen LogP contribution in [0.2, 0.25) is 10.0 Å². The van der Waals surface area contributed by atoms with Crippen LogP contribution in [-0.2, 0) is 15.3 Å². The van der Waals surface area contributed by atoms with Crippen LogP contribution in [-0.4, -0.2) is 38.5 Å². The molecule has 43 heavy (non-hydrogen) atoms. The van der Waals surface area contributed by atoms with Crippen LogP contribution >= 0.6 is 46.3 Å². The number of hydrogen-bond donors (Lipinski definition) is 1. The van der Waals surface area contributed by atoms with E-state index in [4.69, 9.17) is 27.9 Å². The quantitative estimate of drug-likeness (QED) is 0.0351. The van der Waals surface area contributed by atoms with Crippen molar-refractivity contribution in [1.82, 2.24) is 10.2 Å². The third-order valence-corrected chi connectivity index (χ3v) is 9.12. The molecule has 14 heteroatoms. The summed E-state index contributed by atoms with van der Waals surface area (Å²) in [6, 6.07) is 16.0. The molecule has 0 aliphatic carbocycles. The van der Waals surface area contributed by atoms with Crippen molar-refractivity contribution in [3.63, 3.8) is 0 Å². The first kappa shape index (κ1) is 30.5. The van der Waals surface area contributed by atoms with Crippen molar-refractivity contribution in [2.75, 3.05) is 11.5 Å². The topological polar surface area (TPSA) is 136 Å². The van der Waals surface area contributed by atoms with Crippen LogP contribution in [0.25, 0.3) is 5.76 Å². The Balaban J connectivity index is 1.52. The first-order valence-electron chi connectivity index (χ1n) is 12.9. The minimum absolute atomic E-state index is 0.123. The van der Waals surface area contributed by atoms with E-state index >= 15 is 0 Å². The molecule has 1 fully saturated rings. The van der Waals surface area contributed by atoms with Gasteiger partial charge in [-0.25, -0.2) is 0 Å². The lowest BCUT2D eigenvalue weighted by atomic mass is 9.95. The smallest absolute Gasteiger partial charge is 0.301 e. The normalized spacial score (nSPS) is 16.1. The molecule has 10 nitrogen and oxygen atoms in total. The van der Waals surface area contributed by atoms with Crippen LogP contribution in [0.4, 0.5) is 10.8 Å². The van der Waals surface area contributed by atoms with Gasteiger partial charge in [0.15, 0.2) is 4.34 Å². The van der Waals surface area contributed by atoms with E-state index in [1.54, 1.807) is 42.5 Å². The van der Waals surface area contributed by atoms with Crippen LogP contribution in [0.1, 0.15) is 36.1 Å². The fraction of sp³-hybridized carbons (Fsp3) is 0.172. The molecule has 4 aromatic rings. The number of carbonyl (C=O) groups excluding carboxylic acids is 2. The van der Waals surface area contributed by atoms with Crippen LogP contribution in [0, 0.1) is 10.1 Å². The number of aliphatic hydroxyl groups is 1. The van der Waals surface area contributed by atoms with E-state index in [-0.39, 0.29) is 16.4 Å². The van der Waals surface area contributed by atoms with Crippen molar-refractivity contribution in [3.05, 3.63) is 109 Å². The molecule has 2 heterocycles. The van der Waals surface area contributed by atoms with E-state index in [2.05, 4.69) is 10.2 Å². The van der Waals surface area contributed by atoms with Gasteiger partial charge in [-0.1, -0.05) is 59.3 Å². The molecular weight excluding hydrogens is 635 g/mol. The lowest BCUT2D eigenvalue weighted by Crippen LogP contribution is -2.29. The fourth-order valence-corrected chi connectivity index (χ4v) is 6.77. The number of ether oxygens (including phenoxy) is 1. The summed E-state index contributed by atoms with van der Waals surface area (Å²) in [6.07, 6.45) is 0.821. The summed E-state index contributed by atoms with van der Waals surface area (Å²) in [5, 5.41) is 32.1. The molecule has 0 spiro atoms. The van der Waals surface area contributed by atoms with Gasteiger partial charge in [0.1, 0.15) is 11.5 Å². The Bertz CT molecular complexity index is 1730. The number of benzene rings is 3. The summed E-state index contributed by atoms with van der Waals surface area (Å²) >= 11 is 14.7. The summed E-state index contributed by atoms with van der Waals surface area (Å²) in [7, 11) is 0. The Hall–Kier alpha value is -3.97. The van der Waals surface area contributed by atoms with E-state index < -0.39 is 28.4 Å². The zero-order valence-corrected chi connectivity index (χ0v) is 25.5. The van der Waals surface area contributed by atoms with Crippen molar-refractivity contribution in [2.24, 2.45) is 0 Å². The number of carbonyl (C=O) groups is 2. The number of halogens is 2. The lowest BCUT2D eigenvalue weighted by molar-refractivity contribution is -0.384. The summed E-state index contributed by atoms with van der Waals surface area (Å²) in [6.45, 7) is 2.50. The third kappa shape index (κ3) is 6.52. The number of nitro benzene ring substituents is 1. The molecule has 1 N–H and O–H groups in total. The Morgan fingerprint density at radius 2 is 1.81 bits per heavy atom. The minimum Gasteiger partial charge on any atom is -0.507 e. The number of nitro groups is 1. The van der Waals surface area contributed by atoms with Gasteiger partial charge in [0.2, 0.25) is 5.13 Å². The molecule has 0 bridgehead atoms. The molecule has 1 aromatic heterocycles. The fourth-order valence-electron chi connectivity index (χ4n) is 4.34. The maximum Gasteiger partial charge on any atom is 0.301 e. The first-order chi connectivity index (χ1) is 20.7. The Kier molecular flexibility index (Phi) is 9.31.